The van der Waals surface area contributed by atoms with Crippen molar-refractivity contribution < 1.29 is 9.63 Å². The molecule has 37 heavy (non-hydrogen) atoms. The average Bonchev–Trinajstić information content (AvgIpc) is 2.95. The Hall–Kier alpha value is -1.22. The van der Waals surface area contributed by atoms with Crippen LogP contribution in [0.25, 0.3) is 0 Å². The zero-order valence-electron chi connectivity index (χ0n) is 23.0. The van der Waals surface area contributed by atoms with Crippen molar-refractivity contribution in [3.8, 4) is 0 Å². The molecule has 1 saturated carbocycles. The molecule has 3 fully saturated rings. The van der Waals surface area contributed by atoms with Gasteiger partial charge in [0.25, 0.3) is 0 Å². The number of piperidine rings is 2. The molecule has 4 rings (SSSR count). The number of nitrogens with one attached hydrogen (secondary N) is 2. The molecule has 2 heterocycles. The second kappa shape index (κ2) is 14.8. The first-order chi connectivity index (χ1) is 18.0. The van der Waals surface area contributed by atoms with Crippen LogP contribution in [-0.4, -0.2) is 98.4 Å². The number of nitrogens with zero attached hydrogens (tertiary/aromatic N) is 3. The van der Waals surface area contributed by atoms with Crippen molar-refractivity contribution in [3.05, 3.63) is 34.9 Å². The minimum Gasteiger partial charge on any atom is -0.341 e. The summed E-state index contributed by atoms with van der Waals surface area (Å²) >= 11 is 6.12. The summed E-state index contributed by atoms with van der Waals surface area (Å²) in [5.74, 6) is 0.260. The lowest BCUT2D eigenvalue weighted by Crippen LogP contribution is -2.57. The third kappa shape index (κ3) is 8.64. The van der Waals surface area contributed by atoms with Gasteiger partial charge in [0.1, 0.15) is 0 Å². The largest absolute Gasteiger partial charge is 0.341 e. The average molecular weight is 534 g/mol. The highest BCUT2D eigenvalue weighted by atomic mass is 35.5. The summed E-state index contributed by atoms with van der Waals surface area (Å²) in [6, 6.07) is 9.38. The van der Waals surface area contributed by atoms with Gasteiger partial charge in [0.15, 0.2) is 0 Å². The Morgan fingerprint density at radius 3 is 2.32 bits per heavy atom. The van der Waals surface area contributed by atoms with Crippen LogP contribution < -0.4 is 10.6 Å². The molecule has 2 saturated heterocycles. The third-order valence-corrected chi connectivity index (χ3v) is 8.95. The van der Waals surface area contributed by atoms with Crippen molar-refractivity contribution in [2.24, 2.45) is 0 Å². The molecule has 2 N–H and O–H groups in total. The Kier molecular flexibility index (Phi) is 11.5. The van der Waals surface area contributed by atoms with Gasteiger partial charge >= 0.3 is 0 Å². The van der Waals surface area contributed by atoms with Gasteiger partial charge in [-0.25, -0.2) is 0 Å². The lowest BCUT2D eigenvalue weighted by atomic mass is 9.91. The summed E-state index contributed by atoms with van der Waals surface area (Å²) in [7, 11) is 3.75. The molecule has 0 radical (unpaired) electrons. The number of carbonyl (C=O) groups is 1. The maximum Gasteiger partial charge on any atom is 0.240 e. The van der Waals surface area contributed by atoms with Gasteiger partial charge < -0.3 is 20.4 Å². The minimum atomic E-state index is -0.189. The van der Waals surface area contributed by atoms with Gasteiger partial charge in [-0.3, -0.25) is 9.69 Å². The van der Waals surface area contributed by atoms with Crippen molar-refractivity contribution >= 4 is 17.5 Å². The Labute approximate surface area is 229 Å². The monoisotopic (exact) mass is 533 g/mol. The highest BCUT2D eigenvalue weighted by molar-refractivity contribution is 6.30. The molecule has 2 aliphatic heterocycles. The lowest BCUT2D eigenvalue weighted by molar-refractivity contribution is -0.136. The second-order valence-corrected chi connectivity index (χ2v) is 11.6. The SMILES string of the molecule is CON(C)CCN(C1CCCCC1)C1CCN(C(=O)C(Cc2ccc(Cl)cc2)NC2CCNCC2)CC1. The van der Waals surface area contributed by atoms with E-state index in [1.807, 2.05) is 24.2 Å². The van der Waals surface area contributed by atoms with Crippen LogP contribution >= 0.6 is 11.6 Å². The zero-order chi connectivity index (χ0) is 26.0. The number of likely N-dealkylation sites (N-methyl/N-ethyl adjacent to an activating group) is 1. The van der Waals surface area contributed by atoms with E-state index in [-0.39, 0.29) is 11.9 Å². The van der Waals surface area contributed by atoms with Crippen LogP contribution in [0.2, 0.25) is 5.02 Å². The molecule has 1 aromatic carbocycles. The summed E-state index contributed by atoms with van der Waals surface area (Å²) in [4.78, 5) is 24.2. The van der Waals surface area contributed by atoms with E-state index in [1.54, 1.807) is 7.11 Å². The number of hydroxylamine groups is 2. The standard InChI is InChI=1S/C29H48ClN5O2/c1-33(37-2)20-21-35(26-6-4-3-5-7-26)27-14-18-34(19-15-27)29(36)28(32-25-12-16-31-17-13-25)22-23-8-10-24(30)11-9-23/h8-11,25-28,31-32H,3-7,12-22H2,1-2H3. The molecular weight excluding hydrogens is 486 g/mol. The van der Waals surface area contributed by atoms with Gasteiger partial charge in [-0.15, -0.1) is 0 Å². The van der Waals surface area contributed by atoms with Crippen LogP contribution in [0.15, 0.2) is 24.3 Å². The molecule has 0 spiro atoms. The summed E-state index contributed by atoms with van der Waals surface area (Å²) in [6.45, 7) is 5.66. The highest BCUT2D eigenvalue weighted by Gasteiger charge is 2.34. The fourth-order valence-corrected chi connectivity index (χ4v) is 6.53. The first-order valence-electron chi connectivity index (χ1n) is 14.5. The van der Waals surface area contributed by atoms with Gasteiger partial charge in [-0.05, 0) is 75.7 Å². The summed E-state index contributed by atoms with van der Waals surface area (Å²) in [5.41, 5.74) is 1.16. The maximum atomic E-state index is 13.9. The van der Waals surface area contributed by atoms with Gasteiger partial charge in [0.05, 0.1) is 13.2 Å². The molecular formula is C29H48ClN5O2. The van der Waals surface area contributed by atoms with E-state index < -0.39 is 0 Å². The highest BCUT2D eigenvalue weighted by Crippen LogP contribution is 2.28. The number of rotatable bonds is 11. The zero-order valence-corrected chi connectivity index (χ0v) is 23.7. The van der Waals surface area contributed by atoms with Crippen molar-refractivity contribution in [2.75, 3.05) is 53.4 Å². The summed E-state index contributed by atoms with van der Waals surface area (Å²) in [6.07, 6.45) is 11.6. The Morgan fingerprint density at radius 2 is 1.68 bits per heavy atom. The van der Waals surface area contributed by atoms with Gasteiger partial charge in [-0.1, -0.05) is 43.0 Å². The van der Waals surface area contributed by atoms with E-state index in [2.05, 4.69) is 32.6 Å². The van der Waals surface area contributed by atoms with Crippen molar-refractivity contribution in [1.82, 2.24) is 25.5 Å². The van der Waals surface area contributed by atoms with Gasteiger partial charge in [0, 0.05) is 56.4 Å². The van der Waals surface area contributed by atoms with E-state index in [1.165, 1.54) is 32.1 Å². The number of benzene rings is 1. The predicted molar refractivity (Wildman–Crippen MR) is 151 cm³/mol. The van der Waals surface area contributed by atoms with Crippen molar-refractivity contribution in [1.29, 1.82) is 0 Å². The second-order valence-electron chi connectivity index (χ2n) is 11.2. The topological polar surface area (TPSA) is 60.1 Å². The minimum absolute atomic E-state index is 0.189. The molecule has 1 amide bonds. The van der Waals surface area contributed by atoms with Crippen LogP contribution in [0.4, 0.5) is 0 Å². The Morgan fingerprint density at radius 1 is 1.03 bits per heavy atom. The number of hydrogen-bond donors (Lipinski definition) is 2. The molecule has 0 bridgehead atoms. The molecule has 3 aliphatic rings. The van der Waals surface area contributed by atoms with Gasteiger partial charge in [0.2, 0.25) is 5.91 Å². The lowest BCUT2D eigenvalue weighted by Gasteiger charge is -2.44. The number of hydrogen-bond acceptors (Lipinski definition) is 6. The Bertz CT molecular complexity index is 805. The van der Waals surface area contributed by atoms with Crippen LogP contribution in [0.3, 0.4) is 0 Å². The molecule has 1 unspecified atom stereocenters. The molecule has 208 valence electrons. The fraction of sp³-hybridized carbons (Fsp3) is 0.759. The predicted octanol–water partition coefficient (Wildman–Crippen LogP) is 3.71. The van der Waals surface area contributed by atoms with E-state index in [0.717, 1.165) is 75.5 Å². The van der Waals surface area contributed by atoms with Crippen LogP contribution in [0, 0.1) is 0 Å². The van der Waals surface area contributed by atoms with E-state index in [9.17, 15) is 4.79 Å². The summed E-state index contributed by atoms with van der Waals surface area (Å²) < 4.78 is 0. The maximum absolute atomic E-state index is 13.9. The first-order valence-corrected chi connectivity index (χ1v) is 14.9. The van der Waals surface area contributed by atoms with Crippen LogP contribution in [0.5, 0.6) is 0 Å². The molecule has 1 aromatic rings. The van der Waals surface area contributed by atoms with E-state index >= 15 is 0 Å². The normalized spacial score (nSPS) is 21.6. The van der Waals surface area contributed by atoms with E-state index in [0.29, 0.717) is 24.5 Å². The number of halogens is 1. The van der Waals surface area contributed by atoms with Gasteiger partial charge in [-0.2, -0.15) is 5.06 Å². The molecule has 7 nitrogen and oxygen atoms in total. The quantitative estimate of drug-likeness (QED) is 0.423. The third-order valence-electron chi connectivity index (χ3n) is 8.70. The number of likely N-dealkylation sites (tertiary alicyclic amines) is 1. The molecule has 8 heteroatoms. The van der Waals surface area contributed by atoms with Crippen LogP contribution in [0.1, 0.15) is 63.4 Å². The molecule has 1 atom stereocenters. The van der Waals surface area contributed by atoms with Crippen molar-refractivity contribution in [3.63, 3.8) is 0 Å². The van der Waals surface area contributed by atoms with E-state index in [4.69, 9.17) is 16.4 Å². The molecule has 1 aliphatic carbocycles. The fourth-order valence-electron chi connectivity index (χ4n) is 6.41. The first kappa shape index (κ1) is 28.8. The number of amides is 1. The Balaban J connectivity index is 1.38. The smallest absolute Gasteiger partial charge is 0.240 e. The summed E-state index contributed by atoms with van der Waals surface area (Å²) in [5, 5.41) is 9.85. The molecule has 0 aromatic heterocycles. The van der Waals surface area contributed by atoms with Crippen molar-refractivity contribution in [2.45, 2.75) is 88.4 Å². The van der Waals surface area contributed by atoms with Crippen LogP contribution in [-0.2, 0) is 16.1 Å². The number of carbonyl (C=O) groups excluding carboxylic acids is 1.